The van der Waals surface area contributed by atoms with Gasteiger partial charge in [0.15, 0.2) is 6.61 Å². The Balaban J connectivity index is 1.64. The summed E-state index contributed by atoms with van der Waals surface area (Å²) >= 11 is 0. The minimum atomic E-state index is -0.802. The monoisotopic (exact) mass is 495 g/mol. The first-order valence-corrected chi connectivity index (χ1v) is 10.8. The maximum Gasteiger partial charge on any atom is 0.344 e. The van der Waals surface area contributed by atoms with Crippen molar-refractivity contribution >= 4 is 34.3 Å². The first-order chi connectivity index (χ1) is 17.3. The van der Waals surface area contributed by atoms with Crippen molar-refractivity contribution in [2.45, 2.75) is 6.92 Å². The number of hydrogen-bond acceptors (Lipinski definition) is 5. The fourth-order valence-corrected chi connectivity index (χ4v) is 3.38. The van der Waals surface area contributed by atoms with Crippen LogP contribution in [0.15, 0.2) is 66.7 Å². The first-order valence-electron chi connectivity index (χ1n) is 10.8. The van der Waals surface area contributed by atoms with E-state index in [1.807, 2.05) is 0 Å². The summed E-state index contributed by atoms with van der Waals surface area (Å²) in [6, 6.07) is 13.9. The number of nitrogens with zero attached hydrogens (tertiary/aromatic N) is 1. The molecule has 3 aromatic carbocycles. The summed E-state index contributed by atoms with van der Waals surface area (Å²) in [4.78, 5) is 28.8. The Kier molecular flexibility index (Phi) is 7.33. The number of carbonyl (C=O) groups is 2. The highest BCUT2D eigenvalue weighted by Crippen LogP contribution is 2.32. The third-order valence-corrected chi connectivity index (χ3v) is 5.00. The highest BCUT2D eigenvalue weighted by Gasteiger charge is 2.14. The van der Waals surface area contributed by atoms with Crippen LogP contribution < -0.4 is 15.4 Å². The number of halogens is 3. The summed E-state index contributed by atoms with van der Waals surface area (Å²) < 4.78 is 51.2. The molecule has 2 amide bonds. The number of benzene rings is 3. The topological polar surface area (TPSA) is 89.6 Å². The third-order valence-electron chi connectivity index (χ3n) is 5.00. The van der Waals surface area contributed by atoms with Gasteiger partial charge >= 0.3 is 12.0 Å². The number of nitrogens with one attached hydrogen (secondary N) is 2. The predicted molar refractivity (Wildman–Crippen MR) is 128 cm³/mol. The van der Waals surface area contributed by atoms with Crippen LogP contribution in [-0.2, 0) is 9.53 Å². The van der Waals surface area contributed by atoms with Crippen molar-refractivity contribution in [3.63, 3.8) is 0 Å². The van der Waals surface area contributed by atoms with E-state index in [0.717, 1.165) is 18.2 Å². The van der Waals surface area contributed by atoms with Gasteiger partial charge in [-0.3, -0.25) is 0 Å². The normalized spacial score (nSPS) is 10.7. The van der Waals surface area contributed by atoms with Crippen LogP contribution in [0.2, 0.25) is 0 Å². The van der Waals surface area contributed by atoms with E-state index in [2.05, 4.69) is 15.6 Å². The van der Waals surface area contributed by atoms with Crippen LogP contribution >= 0.6 is 0 Å². The largest absolute Gasteiger partial charge is 0.481 e. The number of aromatic nitrogens is 1. The van der Waals surface area contributed by atoms with Gasteiger partial charge < -0.3 is 20.1 Å². The lowest BCUT2D eigenvalue weighted by molar-refractivity contribution is -0.145. The number of ether oxygens (including phenoxy) is 2. The van der Waals surface area contributed by atoms with Crippen molar-refractivity contribution in [3.8, 4) is 17.0 Å². The molecule has 4 aromatic rings. The van der Waals surface area contributed by atoms with Gasteiger partial charge in [-0.2, -0.15) is 0 Å². The lowest BCUT2D eigenvalue weighted by atomic mass is 10.1. The van der Waals surface area contributed by atoms with Gasteiger partial charge in [0, 0.05) is 28.8 Å². The molecule has 7 nitrogen and oxygen atoms in total. The molecule has 0 saturated heterocycles. The van der Waals surface area contributed by atoms with E-state index < -0.39 is 29.5 Å². The Morgan fingerprint density at radius 1 is 0.889 bits per heavy atom. The molecule has 0 bridgehead atoms. The molecule has 0 spiro atoms. The minimum Gasteiger partial charge on any atom is -0.481 e. The lowest BCUT2D eigenvalue weighted by Crippen LogP contribution is -2.20. The number of carbonyl (C=O) groups excluding carboxylic acids is 2. The number of pyridine rings is 1. The lowest BCUT2D eigenvalue weighted by Gasteiger charge is -2.13. The maximum absolute atomic E-state index is 13.8. The zero-order valence-electron chi connectivity index (χ0n) is 19.0. The Bertz CT molecular complexity index is 1430. The highest BCUT2D eigenvalue weighted by molar-refractivity contribution is 6.01. The molecule has 0 atom stereocenters. The predicted octanol–water partition coefficient (Wildman–Crippen LogP) is 5.91. The van der Waals surface area contributed by atoms with Gasteiger partial charge in [0.25, 0.3) is 0 Å². The van der Waals surface area contributed by atoms with E-state index >= 15 is 0 Å². The van der Waals surface area contributed by atoms with Crippen LogP contribution in [0, 0.1) is 17.5 Å². The smallest absolute Gasteiger partial charge is 0.344 e. The molecule has 10 heteroatoms. The van der Waals surface area contributed by atoms with Crippen LogP contribution in [-0.4, -0.2) is 30.2 Å². The molecule has 36 heavy (non-hydrogen) atoms. The number of fused-ring (bicyclic) bond motifs is 1. The van der Waals surface area contributed by atoms with Crippen LogP contribution in [0.1, 0.15) is 6.92 Å². The Labute approximate surface area is 203 Å². The van der Waals surface area contributed by atoms with Gasteiger partial charge in [-0.15, -0.1) is 0 Å². The Morgan fingerprint density at radius 3 is 2.39 bits per heavy atom. The maximum atomic E-state index is 13.8. The van der Waals surface area contributed by atoms with E-state index in [9.17, 15) is 22.8 Å². The summed E-state index contributed by atoms with van der Waals surface area (Å²) in [5, 5.41) is 5.24. The number of hydrogen-bond donors (Lipinski definition) is 2. The molecule has 0 aliphatic carbocycles. The average molecular weight is 495 g/mol. The molecule has 0 radical (unpaired) electrons. The number of urea groups is 1. The van der Waals surface area contributed by atoms with Gasteiger partial charge in [0.1, 0.15) is 23.2 Å². The van der Waals surface area contributed by atoms with E-state index in [4.69, 9.17) is 9.47 Å². The molecule has 0 aliphatic heterocycles. The second kappa shape index (κ2) is 10.8. The van der Waals surface area contributed by atoms with Crippen molar-refractivity contribution < 1.29 is 32.2 Å². The molecule has 4 rings (SSSR count). The summed E-state index contributed by atoms with van der Waals surface area (Å²) in [5.74, 6) is -2.20. The fourth-order valence-electron chi connectivity index (χ4n) is 3.38. The number of anilines is 2. The fraction of sp³-hybridized carbons (Fsp3) is 0.115. The van der Waals surface area contributed by atoms with E-state index in [0.29, 0.717) is 27.8 Å². The van der Waals surface area contributed by atoms with Crippen LogP contribution in [0.3, 0.4) is 0 Å². The minimum absolute atomic E-state index is 0.190. The van der Waals surface area contributed by atoms with E-state index in [1.165, 1.54) is 12.1 Å². The third kappa shape index (κ3) is 5.90. The Morgan fingerprint density at radius 2 is 1.64 bits per heavy atom. The summed E-state index contributed by atoms with van der Waals surface area (Å²) in [7, 11) is 0. The molecule has 0 unspecified atom stereocenters. The molecule has 1 heterocycles. The molecule has 0 fully saturated rings. The second-order valence-electron chi connectivity index (χ2n) is 7.54. The molecule has 0 aliphatic rings. The van der Waals surface area contributed by atoms with Crippen LogP contribution in [0.4, 0.5) is 29.3 Å². The van der Waals surface area contributed by atoms with Gasteiger partial charge in [0.05, 0.1) is 23.5 Å². The van der Waals surface area contributed by atoms with Crippen molar-refractivity contribution in [2.24, 2.45) is 0 Å². The van der Waals surface area contributed by atoms with E-state index in [1.54, 1.807) is 43.3 Å². The quantitative estimate of drug-likeness (QED) is 0.312. The Hall–Kier alpha value is -4.60. The van der Waals surface area contributed by atoms with Gasteiger partial charge in [-0.1, -0.05) is 0 Å². The SMILES string of the molecule is CCOC(=O)COc1cc(-c2ccc(F)cc2)nc2ccc(NC(=O)Nc3cc(F)ccc3F)cc12. The first kappa shape index (κ1) is 24.5. The van der Waals surface area contributed by atoms with Crippen LogP contribution in [0.25, 0.3) is 22.2 Å². The van der Waals surface area contributed by atoms with E-state index in [-0.39, 0.29) is 24.7 Å². The van der Waals surface area contributed by atoms with Crippen molar-refractivity contribution in [1.29, 1.82) is 0 Å². The second-order valence-corrected chi connectivity index (χ2v) is 7.54. The summed E-state index contributed by atoms with van der Waals surface area (Å²) in [6.45, 7) is 1.49. The van der Waals surface area contributed by atoms with Gasteiger partial charge in [-0.05, 0) is 61.5 Å². The van der Waals surface area contributed by atoms with Crippen molar-refractivity contribution in [3.05, 3.63) is 84.2 Å². The molecule has 1 aromatic heterocycles. The van der Waals surface area contributed by atoms with Gasteiger partial charge in [0.2, 0.25) is 0 Å². The summed E-state index contributed by atoms with van der Waals surface area (Å²) in [6.07, 6.45) is 0. The molecule has 184 valence electrons. The molecule has 0 saturated carbocycles. The zero-order valence-corrected chi connectivity index (χ0v) is 19.0. The standard InChI is InChI=1S/C26H20F3N3O4/c1-2-35-25(33)14-36-24-13-22(15-3-5-16(27)6-4-15)31-21-10-8-18(12-19(21)24)30-26(34)32-23-11-17(28)7-9-20(23)29/h3-13H,2,14H2,1H3,(H2,30,32,34). The zero-order chi connectivity index (χ0) is 25.7. The van der Waals surface area contributed by atoms with Crippen LogP contribution in [0.5, 0.6) is 5.75 Å². The van der Waals surface area contributed by atoms with Crippen molar-refractivity contribution in [2.75, 3.05) is 23.8 Å². The van der Waals surface area contributed by atoms with Crippen molar-refractivity contribution in [1.82, 2.24) is 4.98 Å². The molecular weight excluding hydrogens is 475 g/mol. The number of rotatable bonds is 7. The highest BCUT2D eigenvalue weighted by atomic mass is 19.1. The summed E-state index contributed by atoms with van der Waals surface area (Å²) in [5.41, 5.74) is 1.55. The van der Waals surface area contributed by atoms with Gasteiger partial charge in [-0.25, -0.2) is 27.7 Å². The molecular formula is C26H20F3N3O4. The number of amides is 2. The average Bonchev–Trinajstić information content (AvgIpc) is 2.85. The number of esters is 1. The molecule has 2 N–H and O–H groups in total.